The predicted molar refractivity (Wildman–Crippen MR) is 114 cm³/mol. The molecular weight excluding hydrogens is 460 g/mol. The van der Waals surface area contributed by atoms with Gasteiger partial charge in [0.15, 0.2) is 0 Å². The van der Waals surface area contributed by atoms with Crippen LogP contribution in [0.1, 0.15) is 11.1 Å². The number of nitrogens with one attached hydrogen (secondary N) is 1. The summed E-state index contributed by atoms with van der Waals surface area (Å²) < 4.78 is 33.7. The molecule has 7 nitrogen and oxygen atoms in total. The van der Waals surface area contributed by atoms with Gasteiger partial charge in [0, 0.05) is 12.1 Å². The van der Waals surface area contributed by atoms with Crippen LogP contribution in [0, 0.1) is 17.0 Å². The summed E-state index contributed by atoms with van der Waals surface area (Å²) in [5.41, 5.74) is 1.23. The Kier molecular flexibility index (Phi) is 6.19. The van der Waals surface area contributed by atoms with Crippen molar-refractivity contribution in [3.8, 4) is 5.75 Å². The predicted octanol–water partition coefficient (Wildman–Crippen LogP) is 5.05. The lowest BCUT2D eigenvalue weighted by atomic mass is 10.2. The maximum Gasteiger partial charge on any atom is 0.294 e. The lowest BCUT2D eigenvalue weighted by Gasteiger charge is -2.13. The molecule has 0 aliphatic carbocycles. The molecule has 0 saturated carbocycles. The van der Waals surface area contributed by atoms with Crippen LogP contribution in [0.2, 0.25) is 0 Å². The van der Waals surface area contributed by atoms with Crippen LogP contribution in [0.3, 0.4) is 0 Å². The van der Waals surface area contributed by atoms with Crippen LogP contribution in [-0.4, -0.2) is 13.3 Å². The molecule has 29 heavy (non-hydrogen) atoms. The van der Waals surface area contributed by atoms with Crippen LogP contribution in [0.25, 0.3) is 0 Å². The van der Waals surface area contributed by atoms with Gasteiger partial charge >= 0.3 is 0 Å². The fourth-order valence-electron chi connectivity index (χ4n) is 2.54. The third kappa shape index (κ3) is 5.12. The zero-order valence-electron chi connectivity index (χ0n) is 15.3. The van der Waals surface area contributed by atoms with E-state index in [9.17, 15) is 18.5 Å². The van der Waals surface area contributed by atoms with Crippen molar-refractivity contribution in [2.75, 3.05) is 4.72 Å². The van der Waals surface area contributed by atoms with Crippen molar-refractivity contribution in [2.24, 2.45) is 0 Å². The minimum absolute atomic E-state index is 0.00655. The average molecular weight is 477 g/mol. The van der Waals surface area contributed by atoms with E-state index in [1.54, 1.807) is 12.1 Å². The van der Waals surface area contributed by atoms with Gasteiger partial charge in [-0.25, -0.2) is 8.42 Å². The Labute approximate surface area is 176 Å². The molecule has 3 aromatic rings. The number of halogens is 1. The topological polar surface area (TPSA) is 98.5 Å². The number of nitrogens with zero attached hydrogens (tertiary/aromatic N) is 1. The third-order valence-corrected chi connectivity index (χ3v) is 6.06. The van der Waals surface area contributed by atoms with Gasteiger partial charge in [-0.05, 0) is 40.5 Å². The van der Waals surface area contributed by atoms with E-state index in [-0.39, 0.29) is 28.6 Å². The highest BCUT2D eigenvalue weighted by atomic mass is 79.9. The summed E-state index contributed by atoms with van der Waals surface area (Å²) in [5, 5.41) is 11.4. The number of nitro benzene ring substituents is 1. The van der Waals surface area contributed by atoms with Crippen LogP contribution in [0.4, 0.5) is 11.4 Å². The van der Waals surface area contributed by atoms with E-state index in [0.717, 1.165) is 11.1 Å². The summed E-state index contributed by atoms with van der Waals surface area (Å²) in [6.45, 7) is 2.06. The standard InChI is InChI=1S/C20H17BrN2O5S/c1-14-7-9-16(10-8-14)29(26,27)22-18-12-20(17(21)11-19(18)23(24)25)28-13-15-5-3-2-4-6-15/h2-12,22H,13H2,1H3. The second-order valence-corrected chi connectivity index (χ2v) is 8.79. The monoisotopic (exact) mass is 476 g/mol. The van der Waals surface area contributed by atoms with Crippen LogP contribution < -0.4 is 9.46 Å². The molecule has 150 valence electrons. The molecule has 3 rings (SSSR count). The van der Waals surface area contributed by atoms with Gasteiger partial charge in [0.2, 0.25) is 0 Å². The summed E-state index contributed by atoms with van der Waals surface area (Å²) in [7, 11) is -4.01. The maximum atomic E-state index is 12.7. The summed E-state index contributed by atoms with van der Waals surface area (Å²) >= 11 is 3.25. The Morgan fingerprint density at radius 2 is 1.72 bits per heavy atom. The zero-order valence-corrected chi connectivity index (χ0v) is 17.7. The quantitative estimate of drug-likeness (QED) is 0.380. The van der Waals surface area contributed by atoms with E-state index < -0.39 is 14.9 Å². The first-order valence-corrected chi connectivity index (χ1v) is 10.8. The van der Waals surface area contributed by atoms with Crippen molar-refractivity contribution in [1.82, 2.24) is 0 Å². The van der Waals surface area contributed by atoms with Crippen LogP contribution in [0.15, 0.2) is 76.1 Å². The van der Waals surface area contributed by atoms with E-state index in [0.29, 0.717) is 4.47 Å². The molecule has 0 aliphatic heterocycles. The summed E-state index contributed by atoms with van der Waals surface area (Å²) in [6.07, 6.45) is 0. The lowest BCUT2D eigenvalue weighted by molar-refractivity contribution is -0.384. The Balaban J connectivity index is 1.93. The van der Waals surface area contributed by atoms with Crippen molar-refractivity contribution < 1.29 is 18.1 Å². The number of nitro groups is 1. The minimum Gasteiger partial charge on any atom is -0.488 e. The van der Waals surface area contributed by atoms with Gasteiger partial charge in [0.1, 0.15) is 18.0 Å². The van der Waals surface area contributed by atoms with Gasteiger partial charge in [-0.1, -0.05) is 48.0 Å². The van der Waals surface area contributed by atoms with Crippen molar-refractivity contribution in [1.29, 1.82) is 0 Å². The number of hydrogen-bond acceptors (Lipinski definition) is 5. The number of benzene rings is 3. The summed E-state index contributed by atoms with van der Waals surface area (Å²) in [6, 6.07) is 18.1. The molecule has 1 N–H and O–H groups in total. The Morgan fingerprint density at radius 1 is 1.07 bits per heavy atom. The number of aryl methyl sites for hydroxylation is 1. The Bertz CT molecular complexity index is 1130. The third-order valence-electron chi connectivity index (χ3n) is 4.06. The molecule has 0 spiro atoms. The first kappa shape index (κ1) is 20.8. The average Bonchev–Trinajstić information content (AvgIpc) is 2.68. The largest absolute Gasteiger partial charge is 0.488 e. The smallest absolute Gasteiger partial charge is 0.294 e. The van der Waals surface area contributed by atoms with Gasteiger partial charge in [0.05, 0.1) is 14.3 Å². The van der Waals surface area contributed by atoms with E-state index in [4.69, 9.17) is 4.74 Å². The van der Waals surface area contributed by atoms with Gasteiger partial charge in [-0.15, -0.1) is 0 Å². The molecule has 0 radical (unpaired) electrons. The molecule has 0 heterocycles. The molecule has 0 saturated heterocycles. The van der Waals surface area contributed by atoms with E-state index in [1.165, 1.54) is 24.3 Å². The number of anilines is 1. The molecule has 3 aromatic carbocycles. The van der Waals surface area contributed by atoms with Gasteiger partial charge < -0.3 is 4.74 Å². The molecular formula is C20H17BrN2O5S. The molecule has 0 unspecified atom stereocenters. The van der Waals surface area contributed by atoms with Crippen LogP contribution >= 0.6 is 15.9 Å². The van der Waals surface area contributed by atoms with E-state index in [1.807, 2.05) is 37.3 Å². The first-order chi connectivity index (χ1) is 13.8. The highest BCUT2D eigenvalue weighted by Gasteiger charge is 2.23. The highest BCUT2D eigenvalue weighted by Crippen LogP contribution is 2.37. The molecule has 0 fully saturated rings. The van der Waals surface area contributed by atoms with Crippen LogP contribution in [0.5, 0.6) is 5.75 Å². The van der Waals surface area contributed by atoms with Crippen molar-refractivity contribution in [3.63, 3.8) is 0 Å². The summed E-state index contributed by atoms with van der Waals surface area (Å²) in [5.74, 6) is 0.279. The fraction of sp³-hybridized carbons (Fsp3) is 0.100. The molecule has 0 atom stereocenters. The van der Waals surface area contributed by atoms with E-state index >= 15 is 0 Å². The number of ether oxygens (including phenoxy) is 1. The number of rotatable bonds is 7. The fourth-order valence-corrected chi connectivity index (χ4v) is 4.05. The Hall–Kier alpha value is -2.91. The highest BCUT2D eigenvalue weighted by molar-refractivity contribution is 9.10. The normalized spacial score (nSPS) is 11.1. The first-order valence-electron chi connectivity index (χ1n) is 8.50. The van der Waals surface area contributed by atoms with Crippen LogP contribution in [-0.2, 0) is 16.6 Å². The Morgan fingerprint density at radius 3 is 2.34 bits per heavy atom. The van der Waals surface area contributed by atoms with Gasteiger partial charge in [-0.3, -0.25) is 14.8 Å². The minimum atomic E-state index is -4.01. The van der Waals surface area contributed by atoms with Gasteiger partial charge in [-0.2, -0.15) is 0 Å². The SMILES string of the molecule is Cc1ccc(S(=O)(=O)Nc2cc(OCc3ccccc3)c(Br)cc2[N+](=O)[O-])cc1. The van der Waals surface area contributed by atoms with Gasteiger partial charge in [0.25, 0.3) is 15.7 Å². The molecule has 0 amide bonds. The van der Waals surface area contributed by atoms with Crippen molar-refractivity contribution in [3.05, 3.63) is 92.4 Å². The lowest BCUT2D eigenvalue weighted by Crippen LogP contribution is -2.14. The molecule has 0 aliphatic rings. The second kappa shape index (κ2) is 8.62. The molecule has 0 aromatic heterocycles. The molecule has 0 bridgehead atoms. The number of hydrogen-bond donors (Lipinski definition) is 1. The van der Waals surface area contributed by atoms with E-state index in [2.05, 4.69) is 20.7 Å². The molecule has 9 heteroatoms. The summed E-state index contributed by atoms with van der Waals surface area (Å²) in [4.78, 5) is 10.8. The zero-order chi connectivity index (χ0) is 21.0. The van der Waals surface area contributed by atoms with Crippen molar-refractivity contribution in [2.45, 2.75) is 18.4 Å². The van der Waals surface area contributed by atoms with Crippen molar-refractivity contribution >= 4 is 37.3 Å². The number of sulfonamides is 1. The maximum absolute atomic E-state index is 12.7. The second-order valence-electron chi connectivity index (χ2n) is 6.25.